The van der Waals surface area contributed by atoms with Gasteiger partial charge in [-0.05, 0) is 69.9 Å². The Kier molecular flexibility index (Phi) is 7.19. The van der Waals surface area contributed by atoms with Gasteiger partial charge in [-0.25, -0.2) is 0 Å². The molecule has 0 aliphatic heterocycles. The summed E-state index contributed by atoms with van der Waals surface area (Å²) in [6, 6.07) is 11.1. The first-order chi connectivity index (χ1) is 14.4. The van der Waals surface area contributed by atoms with Crippen LogP contribution in [0.25, 0.3) is 0 Å². The average molecular weight is 439 g/mol. The van der Waals surface area contributed by atoms with E-state index in [4.69, 9.17) is 0 Å². The van der Waals surface area contributed by atoms with E-state index in [1.54, 1.807) is 12.1 Å². The van der Waals surface area contributed by atoms with Crippen LogP contribution >= 0.6 is 0 Å². The molecular formula is C28H42N2O2. The predicted octanol–water partition coefficient (Wildman–Crippen LogP) is 8.94. The maximum absolute atomic E-state index is 10.4. The van der Waals surface area contributed by atoms with Crippen LogP contribution in [-0.4, -0.2) is 10.2 Å². The Morgan fingerprint density at radius 3 is 1.16 bits per heavy atom. The number of hydrogen-bond donors (Lipinski definition) is 2. The van der Waals surface area contributed by atoms with E-state index in [0.29, 0.717) is 11.4 Å². The summed E-state index contributed by atoms with van der Waals surface area (Å²) >= 11 is 0. The number of phenolic OH excluding ortho intramolecular Hbond substituents is 2. The third kappa shape index (κ3) is 7.08. The van der Waals surface area contributed by atoms with Gasteiger partial charge in [0.15, 0.2) is 0 Å². The Balaban J connectivity index is 2.40. The SMILES string of the molecule is CC(C)(C)CC(C)(C)c1ccc(O)c(N=Nc2cc(C(C)(C)CC(C)(C)C)ccc2O)c1. The third-order valence-corrected chi connectivity index (χ3v) is 5.72. The summed E-state index contributed by atoms with van der Waals surface area (Å²) < 4.78 is 0. The number of hydrogen-bond acceptors (Lipinski definition) is 4. The van der Waals surface area contributed by atoms with Crippen LogP contribution in [0.4, 0.5) is 11.4 Å². The summed E-state index contributed by atoms with van der Waals surface area (Å²) in [6.45, 7) is 22.2. The second-order valence-corrected chi connectivity index (χ2v) is 12.8. The molecule has 0 fully saturated rings. The van der Waals surface area contributed by atoms with E-state index in [-0.39, 0.29) is 33.2 Å². The fraction of sp³-hybridized carbons (Fsp3) is 0.571. The van der Waals surface area contributed by atoms with Gasteiger partial charge in [0, 0.05) is 0 Å². The summed E-state index contributed by atoms with van der Waals surface area (Å²) in [7, 11) is 0. The second kappa shape index (κ2) is 8.88. The number of azo groups is 1. The smallest absolute Gasteiger partial charge is 0.143 e. The number of nitrogens with zero attached hydrogens (tertiary/aromatic N) is 2. The van der Waals surface area contributed by atoms with Gasteiger partial charge >= 0.3 is 0 Å². The molecule has 0 radical (unpaired) electrons. The summed E-state index contributed by atoms with van der Waals surface area (Å²) in [4.78, 5) is 0. The number of aromatic hydroxyl groups is 2. The first-order valence-corrected chi connectivity index (χ1v) is 11.5. The Morgan fingerprint density at radius 1 is 0.562 bits per heavy atom. The Morgan fingerprint density at radius 2 is 0.875 bits per heavy atom. The van der Waals surface area contributed by atoms with Crippen LogP contribution in [0.15, 0.2) is 46.6 Å². The highest BCUT2D eigenvalue weighted by Gasteiger charge is 2.29. The van der Waals surface area contributed by atoms with Crippen LogP contribution in [-0.2, 0) is 10.8 Å². The summed E-state index contributed by atoms with van der Waals surface area (Å²) in [5.74, 6) is 0.153. The third-order valence-electron chi connectivity index (χ3n) is 5.72. The van der Waals surface area contributed by atoms with E-state index >= 15 is 0 Å². The molecule has 4 nitrogen and oxygen atoms in total. The standard InChI is InChI=1S/C28H42N2O2/c1-25(2,3)17-27(7,8)19-11-13-23(31)21(15-19)29-30-22-16-20(12-14-24(22)32)28(9,10)18-26(4,5)6/h11-16,31-32H,17-18H2,1-10H3. The fourth-order valence-electron chi connectivity index (χ4n) is 5.01. The highest BCUT2D eigenvalue weighted by Crippen LogP contribution is 2.42. The van der Waals surface area contributed by atoms with E-state index < -0.39 is 0 Å². The summed E-state index contributed by atoms with van der Waals surface area (Å²) in [6.07, 6.45) is 1.99. The van der Waals surface area contributed by atoms with Gasteiger partial charge in [0.2, 0.25) is 0 Å². The zero-order valence-corrected chi connectivity index (χ0v) is 21.7. The van der Waals surface area contributed by atoms with Gasteiger partial charge in [-0.2, -0.15) is 0 Å². The fourth-order valence-corrected chi connectivity index (χ4v) is 5.01. The van der Waals surface area contributed by atoms with E-state index in [9.17, 15) is 10.2 Å². The largest absolute Gasteiger partial charge is 0.506 e. The molecule has 2 rings (SSSR count). The number of rotatable bonds is 6. The molecule has 2 aromatic rings. The van der Waals surface area contributed by atoms with Crippen molar-refractivity contribution >= 4 is 11.4 Å². The monoisotopic (exact) mass is 438 g/mol. The lowest BCUT2D eigenvalue weighted by Crippen LogP contribution is -2.24. The van der Waals surface area contributed by atoms with Crippen molar-refractivity contribution in [3.63, 3.8) is 0 Å². The zero-order chi connectivity index (χ0) is 24.5. The van der Waals surface area contributed by atoms with Crippen molar-refractivity contribution in [2.75, 3.05) is 0 Å². The molecule has 4 heteroatoms. The van der Waals surface area contributed by atoms with Crippen LogP contribution in [0, 0.1) is 10.8 Å². The normalized spacial score (nSPS) is 13.7. The predicted molar refractivity (Wildman–Crippen MR) is 135 cm³/mol. The van der Waals surface area contributed by atoms with Crippen molar-refractivity contribution in [3.05, 3.63) is 47.5 Å². The molecule has 0 aromatic heterocycles. The molecule has 0 unspecified atom stereocenters. The highest BCUT2D eigenvalue weighted by atomic mass is 16.3. The minimum Gasteiger partial charge on any atom is -0.506 e. The second-order valence-electron chi connectivity index (χ2n) is 12.8. The molecule has 0 aliphatic carbocycles. The molecule has 32 heavy (non-hydrogen) atoms. The maximum Gasteiger partial charge on any atom is 0.143 e. The van der Waals surface area contributed by atoms with Gasteiger partial charge < -0.3 is 10.2 Å². The van der Waals surface area contributed by atoms with Crippen LogP contribution in [0.1, 0.15) is 93.2 Å². The first-order valence-electron chi connectivity index (χ1n) is 11.5. The number of phenols is 2. The number of benzene rings is 2. The van der Waals surface area contributed by atoms with Gasteiger partial charge in [-0.3, -0.25) is 0 Å². The molecule has 0 amide bonds. The van der Waals surface area contributed by atoms with Crippen molar-refractivity contribution in [2.24, 2.45) is 21.1 Å². The average Bonchev–Trinajstić information content (AvgIpc) is 2.57. The molecule has 2 N–H and O–H groups in total. The Hall–Kier alpha value is -2.36. The van der Waals surface area contributed by atoms with Crippen LogP contribution in [0.2, 0.25) is 0 Å². The molecule has 0 aliphatic rings. The quantitative estimate of drug-likeness (QED) is 0.442. The lowest BCUT2D eigenvalue weighted by Gasteiger charge is -2.33. The molecule has 0 bridgehead atoms. The molecular weight excluding hydrogens is 396 g/mol. The topological polar surface area (TPSA) is 65.2 Å². The molecule has 176 valence electrons. The van der Waals surface area contributed by atoms with Gasteiger partial charge in [0.05, 0.1) is 0 Å². The molecule has 0 saturated heterocycles. The van der Waals surface area contributed by atoms with Gasteiger partial charge in [0.1, 0.15) is 22.9 Å². The van der Waals surface area contributed by atoms with Gasteiger partial charge in [0.25, 0.3) is 0 Å². The highest BCUT2D eigenvalue weighted by molar-refractivity contribution is 5.57. The van der Waals surface area contributed by atoms with Crippen molar-refractivity contribution in [1.29, 1.82) is 0 Å². The molecule has 0 saturated carbocycles. The zero-order valence-electron chi connectivity index (χ0n) is 21.7. The summed E-state index contributed by atoms with van der Waals surface area (Å²) in [5, 5.41) is 29.4. The molecule has 2 aromatic carbocycles. The Labute approximate surface area is 194 Å². The van der Waals surface area contributed by atoms with Crippen molar-refractivity contribution in [3.8, 4) is 11.5 Å². The van der Waals surface area contributed by atoms with E-state index in [0.717, 1.165) is 24.0 Å². The summed E-state index contributed by atoms with van der Waals surface area (Å²) in [5.41, 5.74) is 3.22. The van der Waals surface area contributed by atoms with Crippen molar-refractivity contribution in [2.45, 2.75) is 92.9 Å². The minimum absolute atomic E-state index is 0.0742. The maximum atomic E-state index is 10.4. The first kappa shape index (κ1) is 25.9. The van der Waals surface area contributed by atoms with E-state index in [2.05, 4.69) is 79.5 Å². The van der Waals surface area contributed by atoms with Crippen LogP contribution in [0.5, 0.6) is 11.5 Å². The Bertz CT molecular complexity index is 894. The molecule has 0 spiro atoms. The molecule has 0 heterocycles. The molecule has 0 atom stereocenters. The van der Waals surface area contributed by atoms with Crippen molar-refractivity contribution < 1.29 is 10.2 Å². The van der Waals surface area contributed by atoms with E-state index in [1.165, 1.54) is 0 Å². The van der Waals surface area contributed by atoms with Crippen LogP contribution in [0.3, 0.4) is 0 Å². The van der Waals surface area contributed by atoms with Gasteiger partial charge in [-0.1, -0.05) is 81.4 Å². The lowest BCUT2D eigenvalue weighted by molar-refractivity contribution is 0.283. The van der Waals surface area contributed by atoms with Crippen LogP contribution < -0.4 is 0 Å². The minimum atomic E-state index is -0.0742. The van der Waals surface area contributed by atoms with E-state index in [1.807, 2.05) is 24.3 Å². The van der Waals surface area contributed by atoms with Crippen molar-refractivity contribution in [1.82, 2.24) is 0 Å². The lowest BCUT2D eigenvalue weighted by atomic mass is 9.72. The van der Waals surface area contributed by atoms with Gasteiger partial charge in [-0.15, -0.1) is 10.2 Å².